The van der Waals surface area contributed by atoms with E-state index in [1.807, 2.05) is 6.07 Å². The summed E-state index contributed by atoms with van der Waals surface area (Å²) in [6, 6.07) is 27.6. The Morgan fingerprint density at radius 3 is 2.25 bits per heavy atom. The van der Waals surface area contributed by atoms with Gasteiger partial charge in [0.1, 0.15) is 0 Å². The normalized spacial score (nSPS) is 19.4. The molecule has 0 aromatic heterocycles. The third-order valence-corrected chi connectivity index (χ3v) is 5.78. The number of piperidine rings is 1. The fourth-order valence-electron chi connectivity index (χ4n) is 4.34. The third kappa shape index (κ3) is 3.79. The van der Waals surface area contributed by atoms with Gasteiger partial charge in [-0.2, -0.15) is 0 Å². The van der Waals surface area contributed by atoms with E-state index in [9.17, 15) is 9.90 Å². The van der Waals surface area contributed by atoms with E-state index in [1.54, 1.807) is 4.90 Å². The predicted octanol–water partition coefficient (Wildman–Crippen LogP) is 5.91. The predicted molar refractivity (Wildman–Crippen MR) is 113 cm³/mol. The maximum atomic E-state index is 11.6. The Balaban J connectivity index is 1.72. The molecule has 0 spiro atoms. The van der Waals surface area contributed by atoms with Gasteiger partial charge in [0, 0.05) is 19.0 Å². The minimum atomic E-state index is -0.827. The molecule has 0 bridgehead atoms. The summed E-state index contributed by atoms with van der Waals surface area (Å²) >= 11 is 0. The van der Waals surface area contributed by atoms with E-state index in [0.717, 1.165) is 6.42 Å². The van der Waals surface area contributed by atoms with Gasteiger partial charge >= 0.3 is 6.09 Å². The van der Waals surface area contributed by atoms with Crippen LogP contribution in [-0.2, 0) is 0 Å². The Hall–Kier alpha value is -3.07. The topological polar surface area (TPSA) is 40.5 Å². The van der Waals surface area contributed by atoms with Gasteiger partial charge in [-0.1, -0.05) is 84.4 Å². The highest BCUT2D eigenvalue weighted by Crippen LogP contribution is 2.40. The first-order chi connectivity index (χ1) is 13.6. The molecule has 0 radical (unpaired) electrons. The maximum absolute atomic E-state index is 11.6. The Morgan fingerprint density at radius 1 is 0.857 bits per heavy atom. The number of carboxylic acid groups (broad SMARTS) is 1. The summed E-state index contributed by atoms with van der Waals surface area (Å²) in [6.45, 7) is 3.22. The molecule has 1 saturated heterocycles. The van der Waals surface area contributed by atoms with Crippen LogP contribution in [0.5, 0.6) is 0 Å². The zero-order valence-corrected chi connectivity index (χ0v) is 16.1. The molecule has 3 nitrogen and oxygen atoms in total. The summed E-state index contributed by atoms with van der Waals surface area (Å²) in [5, 5.41) is 9.55. The Bertz CT molecular complexity index is 967. The average molecular weight is 371 g/mol. The van der Waals surface area contributed by atoms with Gasteiger partial charge in [0.15, 0.2) is 0 Å². The summed E-state index contributed by atoms with van der Waals surface area (Å²) in [5.74, 6) is 0.474. The fraction of sp³-hybridized carbons (Fsp3) is 0.240. The zero-order chi connectivity index (χ0) is 19.5. The van der Waals surface area contributed by atoms with Crippen molar-refractivity contribution in [2.75, 3.05) is 13.1 Å². The summed E-state index contributed by atoms with van der Waals surface area (Å²) in [6.07, 6.45) is 0.0155. The Kier molecular flexibility index (Phi) is 5.16. The van der Waals surface area contributed by atoms with E-state index in [4.69, 9.17) is 0 Å². The number of nitrogens with zero attached hydrogens (tertiary/aromatic N) is 1. The smallest absolute Gasteiger partial charge is 0.407 e. The van der Waals surface area contributed by atoms with Crippen LogP contribution in [0.15, 0.2) is 78.9 Å². The minimum absolute atomic E-state index is 0.150. The van der Waals surface area contributed by atoms with Crippen molar-refractivity contribution in [1.29, 1.82) is 0 Å². The first-order valence-electron chi connectivity index (χ1n) is 9.81. The highest BCUT2D eigenvalue weighted by atomic mass is 16.4. The molecule has 1 fully saturated rings. The molecule has 3 heteroatoms. The number of carbonyl (C=O) groups is 1. The van der Waals surface area contributed by atoms with Crippen molar-refractivity contribution in [3.05, 3.63) is 95.6 Å². The van der Waals surface area contributed by atoms with Gasteiger partial charge in [-0.15, -0.1) is 0 Å². The fourth-order valence-corrected chi connectivity index (χ4v) is 4.34. The van der Waals surface area contributed by atoms with Gasteiger partial charge in [0.05, 0.1) is 0 Å². The first kappa shape index (κ1) is 18.3. The van der Waals surface area contributed by atoms with Crippen molar-refractivity contribution in [3.8, 4) is 11.1 Å². The van der Waals surface area contributed by atoms with Gasteiger partial charge in [-0.25, -0.2) is 4.79 Å². The first-order valence-corrected chi connectivity index (χ1v) is 9.81. The molecule has 1 aliphatic heterocycles. The lowest BCUT2D eigenvalue weighted by atomic mass is 9.76. The molecule has 142 valence electrons. The molecule has 28 heavy (non-hydrogen) atoms. The van der Waals surface area contributed by atoms with E-state index in [2.05, 4.69) is 79.7 Å². The van der Waals surface area contributed by atoms with Gasteiger partial charge in [-0.3, -0.25) is 0 Å². The van der Waals surface area contributed by atoms with Gasteiger partial charge in [0.2, 0.25) is 0 Å². The van der Waals surface area contributed by atoms with E-state index < -0.39 is 6.09 Å². The Morgan fingerprint density at radius 2 is 1.54 bits per heavy atom. The number of amides is 1. The van der Waals surface area contributed by atoms with E-state index in [1.165, 1.54) is 27.8 Å². The van der Waals surface area contributed by atoms with Gasteiger partial charge in [-0.05, 0) is 41.5 Å². The zero-order valence-electron chi connectivity index (χ0n) is 16.1. The SMILES string of the molecule is Cc1cccc(-c2cccc([C@@H]3CN(C(=O)O)CC[C@H]3c3ccccc3)c2)c1. The van der Waals surface area contributed by atoms with Crippen molar-refractivity contribution in [3.63, 3.8) is 0 Å². The largest absolute Gasteiger partial charge is 0.465 e. The van der Waals surface area contributed by atoms with Crippen molar-refractivity contribution < 1.29 is 9.90 Å². The maximum Gasteiger partial charge on any atom is 0.407 e. The molecule has 1 N–H and O–H groups in total. The monoisotopic (exact) mass is 371 g/mol. The van der Waals surface area contributed by atoms with Crippen LogP contribution in [0.2, 0.25) is 0 Å². The van der Waals surface area contributed by atoms with Crippen molar-refractivity contribution in [2.24, 2.45) is 0 Å². The van der Waals surface area contributed by atoms with Crippen LogP contribution in [0, 0.1) is 6.92 Å². The van der Waals surface area contributed by atoms with Gasteiger partial charge < -0.3 is 10.0 Å². The average Bonchev–Trinajstić information content (AvgIpc) is 2.74. The third-order valence-electron chi connectivity index (χ3n) is 5.78. The van der Waals surface area contributed by atoms with Crippen LogP contribution in [0.25, 0.3) is 11.1 Å². The molecule has 0 saturated carbocycles. The molecule has 2 atom stereocenters. The molecule has 1 aliphatic rings. The second-order valence-corrected chi connectivity index (χ2v) is 7.64. The Labute approximate surface area is 166 Å². The summed E-state index contributed by atoms with van der Waals surface area (Å²) in [4.78, 5) is 13.2. The number of aryl methyl sites for hydroxylation is 1. The molecule has 1 heterocycles. The van der Waals surface area contributed by atoms with Crippen molar-refractivity contribution in [2.45, 2.75) is 25.2 Å². The molecule has 3 aromatic rings. The van der Waals surface area contributed by atoms with Crippen LogP contribution in [0.3, 0.4) is 0 Å². The van der Waals surface area contributed by atoms with Crippen LogP contribution in [0.1, 0.15) is 34.9 Å². The second-order valence-electron chi connectivity index (χ2n) is 7.64. The van der Waals surface area contributed by atoms with Crippen LogP contribution < -0.4 is 0 Å². The molecule has 0 unspecified atom stereocenters. The lowest BCUT2D eigenvalue weighted by molar-refractivity contribution is 0.125. The highest BCUT2D eigenvalue weighted by Gasteiger charge is 2.33. The second kappa shape index (κ2) is 7.89. The summed E-state index contributed by atoms with van der Waals surface area (Å²) in [5.41, 5.74) is 6.11. The van der Waals surface area contributed by atoms with Crippen molar-refractivity contribution in [1.82, 2.24) is 4.90 Å². The van der Waals surface area contributed by atoms with Crippen LogP contribution in [-0.4, -0.2) is 29.2 Å². The highest BCUT2D eigenvalue weighted by molar-refractivity contribution is 5.67. The molecule has 4 rings (SSSR count). The molecular weight excluding hydrogens is 346 g/mol. The number of hydrogen-bond acceptors (Lipinski definition) is 1. The number of rotatable bonds is 3. The quantitative estimate of drug-likeness (QED) is 0.621. The number of likely N-dealkylation sites (tertiary alicyclic amines) is 1. The molecule has 0 aliphatic carbocycles. The van der Waals surface area contributed by atoms with E-state index in [-0.39, 0.29) is 5.92 Å². The van der Waals surface area contributed by atoms with Crippen LogP contribution >= 0.6 is 0 Å². The minimum Gasteiger partial charge on any atom is -0.465 e. The molecule has 1 amide bonds. The van der Waals surface area contributed by atoms with Crippen molar-refractivity contribution >= 4 is 6.09 Å². The lowest BCUT2D eigenvalue weighted by Gasteiger charge is -2.38. The van der Waals surface area contributed by atoms with E-state index in [0.29, 0.717) is 19.0 Å². The summed E-state index contributed by atoms with van der Waals surface area (Å²) in [7, 11) is 0. The summed E-state index contributed by atoms with van der Waals surface area (Å²) < 4.78 is 0. The van der Waals surface area contributed by atoms with Crippen LogP contribution in [0.4, 0.5) is 4.79 Å². The number of benzene rings is 3. The molecule has 3 aromatic carbocycles. The van der Waals surface area contributed by atoms with E-state index >= 15 is 0 Å². The van der Waals surface area contributed by atoms with Gasteiger partial charge in [0.25, 0.3) is 0 Å². The lowest BCUT2D eigenvalue weighted by Crippen LogP contribution is -2.41. The molecular formula is C25H25NO2. The standard InChI is InChI=1S/C25H25NO2/c1-18-7-5-10-20(15-18)21-11-6-12-22(16-21)24-17-26(25(27)28)14-13-23(24)19-8-3-2-4-9-19/h2-12,15-16,23-24H,13-14,17H2,1H3,(H,27,28)/t23-,24-/m0/s1. The number of hydrogen-bond donors (Lipinski definition) is 1.